The third-order valence-electron chi connectivity index (χ3n) is 4.86. The lowest BCUT2D eigenvalue weighted by Crippen LogP contribution is -2.41. The van der Waals surface area contributed by atoms with Gasteiger partial charge in [-0.25, -0.2) is 5.43 Å². The van der Waals surface area contributed by atoms with E-state index in [1.807, 2.05) is 45.9 Å². The molecule has 182 valence electrons. The van der Waals surface area contributed by atoms with E-state index in [1.54, 1.807) is 25.1 Å². The second-order valence-corrected chi connectivity index (χ2v) is 7.78. The molecule has 0 fully saturated rings. The second kappa shape index (κ2) is 13.0. The van der Waals surface area contributed by atoms with Crippen LogP contribution in [0.1, 0.15) is 43.9 Å². The van der Waals surface area contributed by atoms with Crippen LogP contribution >= 0.6 is 0 Å². The van der Waals surface area contributed by atoms with E-state index in [1.165, 1.54) is 6.21 Å². The fraction of sp³-hybridized carbons (Fsp3) is 0.360. The van der Waals surface area contributed by atoms with Gasteiger partial charge < -0.3 is 20.1 Å². The van der Waals surface area contributed by atoms with Crippen LogP contribution in [0.25, 0.3) is 0 Å². The quantitative estimate of drug-likeness (QED) is 0.281. The minimum Gasteiger partial charge on any atom is -0.490 e. The molecule has 0 radical (unpaired) electrons. The number of carbonyl (C=O) groups excluding carboxylic acids is 3. The SMILES string of the molecule is CCOc1cc(/C=N\NC(=O)C(=O)N[C@@H](C)CC)ccc1OCC(=O)Nc1ccc(C)cc1C. The Labute approximate surface area is 199 Å². The second-order valence-electron chi connectivity index (χ2n) is 7.78. The van der Waals surface area contributed by atoms with Crippen molar-refractivity contribution in [2.24, 2.45) is 5.10 Å². The van der Waals surface area contributed by atoms with Crippen molar-refractivity contribution in [3.63, 3.8) is 0 Å². The molecule has 9 heteroatoms. The number of hydrogen-bond acceptors (Lipinski definition) is 6. The van der Waals surface area contributed by atoms with Gasteiger partial charge >= 0.3 is 11.8 Å². The van der Waals surface area contributed by atoms with Crippen molar-refractivity contribution in [1.82, 2.24) is 10.7 Å². The smallest absolute Gasteiger partial charge is 0.329 e. The van der Waals surface area contributed by atoms with Gasteiger partial charge in [-0.2, -0.15) is 5.10 Å². The van der Waals surface area contributed by atoms with Crippen molar-refractivity contribution in [2.75, 3.05) is 18.5 Å². The Morgan fingerprint density at radius 2 is 1.76 bits per heavy atom. The van der Waals surface area contributed by atoms with Crippen LogP contribution in [0.15, 0.2) is 41.5 Å². The number of ether oxygens (including phenoxy) is 2. The molecular formula is C25H32N4O5. The Balaban J connectivity index is 1.97. The zero-order chi connectivity index (χ0) is 25.1. The number of nitrogens with one attached hydrogen (secondary N) is 3. The van der Waals surface area contributed by atoms with Gasteiger partial charge in [0.2, 0.25) is 0 Å². The van der Waals surface area contributed by atoms with E-state index in [-0.39, 0.29) is 18.6 Å². The minimum absolute atomic E-state index is 0.105. The Hall–Kier alpha value is -3.88. The summed E-state index contributed by atoms with van der Waals surface area (Å²) in [5, 5.41) is 9.21. The first-order valence-corrected chi connectivity index (χ1v) is 11.1. The Morgan fingerprint density at radius 1 is 1.00 bits per heavy atom. The molecule has 34 heavy (non-hydrogen) atoms. The van der Waals surface area contributed by atoms with E-state index in [9.17, 15) is 14.4 Å². The first kappa shape index (κ1) is 26.4. The number of rotatable bonds is 10. The van der Waals surface area contributed by atoms with Gasteiger partial charge in [-0.1, -0.05) is 24.6 Å². The molecule has 3 amide bonds. The lowest BCUT2D eigenvalue weighted by atomic mass is 10.1. The summed E-state index contributed by atoms with van der Waals surface area (Å²) in [6, 6.07) is 10.7. The summed E-state index contributed by atoms with van der Waals surface area (Å²) in [4.78, 5) is 35.9. The van der Waals surface area contributed by atoms with Gasteiger partial charge in [0.25, 0.3) is 5.91 Å². The first-order valence-electron chi connectivity index (χ1n) is 11.1. The minimum atomic E-state index is -0.851. The van der Waals surface area contributed by atoms with Crippen molar-refractivity contribution in [2.45, 2.75) is 47.1 Å². The number of carbonyl (C=O) groups is 3. The van der Waals surface area contributed by atoms with Crippen LogP contribution in [-0.4, -0.2) is 43.2 Å². The normalized spacial score (nSPS) is 11.6. The molecule has 0 spiro atoms. The van der Waals surface area contributed by atoms with Crippen LogP contribution in [-0.2, 0) is 14.4 Å². The van der Waals surface area contributed by atoms with Gasteiger partial charge in [-0.3, -0.25) is 14.4 Å². The van der Waals surface area contributed by atoms with Gasteiger partial charge in [0.15, 0.2) is 18.1 Å². The molecule has 1 atom stereocenters. The summed E-state index contributed by atoms with van der Waals surface area (Å²) in [5.74, 6) is -1.07. The maximum Gasteiger partial charge on any atom is 0.329 e. The number of anilines is 1. The van der Waals surface area contributed by atoms with E-state index in [0.717, 1.165) is 16.8 Å². The summed E-state index contributed by atoms with van der Waals surface area (Å²) in [5.41, 5.74) is 5.62. The lowest BCUT2D eigenvalue weighted by Gasteiger charge is -2.13. The zero-order valence-electron chi connectivity index (χ0n) is 20.2. The van der Waals surface area contributed by atoms with Crippen molar-refractivity contribution in [3.05, 3.63) is 53.1 Å². The summed E-state index contributed by atoms with van der Waals surface area (Å²) in [6.07, 6.45) is 2.10. The molecule has 2 aromatic rings. The van der Waals surface area contributed by atoms with Gasteiger partial charge in [0, 0.05) is 11.7 Å². The molecular weight excluding hydrogens is 436 g/mol. The van der Waals surface area contributed by atoms with E-state index < -0.39 is 11.8 Å². The third-order valence-corrected chi connectivity index (χ3v) is 4.86. The molecule has 0 heterocycles. The highest BCUT2D eigenvalue weighted by molar-refractivity contribution is 6.35. The van der Waals surface area contributed by atoms with E-state index >= 15 is 0 Å². The molecule has 0 aromatic heterocycles. The molecule has 2 rings (SSSR count). The molecule has 0 aliphatic rings. The van der Waals surface area contributed by atoms with Crippen LogP contribution < -0.4 is 25.5 Å². The summed E-state index contributed by atoms with van der Waals surface area (Å²) in [6.45, 7) is 9.65. The standard InChI is InChI=1S/C25H32N4O5/c1-6-18(5)27-24(31)25(32)29-26-14-19-9-11-21(22(13-19)33-7-2)34-15-23(30)28-20-10-8-16(3)12-17(20)4/h8-14,18H,6-7,15H2,1-5H3,(H,27,31)(H,28,30)(H,29,32)/b26-14-/t18-/m0/s1. The monoisotopic (exact) mass is 468 g/mol. The molecule has 0 aliphatic heterocycles. The number of amides is 3. The largest absolute Gasteiger partial charge is 0.490 e. The predicted octanol–water partition coefficient (Wildman–Crippen LogP) is 3.08. The lowest BCUT2D eigenvalue weighted by molar-refractivity contribution is -0.139. The maximum absolute atomic E-state index is 12.3. The first-order chi connectivity index (χ1) is 16.2. The van der Waals surface area contributed by atoms with Crippen LogP contribution in [0.2, 0.25) is 0 Å². The molecule has 2 aromatic carbocycles. The number of benzene rings is 2. The average molecular weight is 469 g/mol. The van der Waals surface area contributed by atoms with Crippen molar-refractivity contribution < 1.29 is 23.9 Å². The van der Waals surface area contributed by atoms with E-state index in [0.29, 0.717) is 30.1 Å². The molecule has 9 nitrogen and oxygen atoms in total. The van der Waals surface area contributed by atoms with Gasteiger partial charge in [0.05, 0.1) is 12.8 Å². The number of hydrogen-bond donors (Lipinski definition) is 3. The fourth-order valence-corrected chi connectivity index (χ4v) is 2.88. The van der Waals surface area contributed by atoms with Crippen LogP contribution in [0.5, 0.6) is 11.5 Å². The summed E-state index contributed by atoms with van der Waals surface area (Å²) >= 11 is 0. The summed E-state index contributed by atoms with van der Waals surface area (Å²) < 4.78 is 11.3. The van der Waals surface area contributed by atoms with E-state index in [4.69, 9.17) is 9.47 Å². The topological polar surface area (TPSA) is 118 Å². The van der Waals surface area contributed by atoms with Crippen molar-refractivity contribution >= 4 is 29.6 Å². The van der Waals surface area contributed by atoms with Crippen LogP contribution in [0.3, 0.4) is 0 Å². The van der Waals surface area contributed by atoms with Crippen molar-refractivity contribution in [1.29, 1.82) is 0 Å². The molecule has 0 unspecified atom stereocenters. The highest BCUT2D eigenvalue weighted by Gasteiger charge is 2.14. The molecule has 0 bridgehead atoms. The maximum atomic E-state index is 12.3. The summed E-state index contributed by atoms with van der Waals surface area (Å²) in [7, 11) is 0. The Kier molecular flexibility index (Phi) is 10.1. The fourth-order valence-electron chi connectivity index (χ4n) is 2.88. The number of hydrazone groups is 1. The van der Waals surface area contributed by atoms with Crippen molar-refractivity contribution in [3.8, 4) is 11.5 Å². The predicted molar refractivity (Wildman–Crippen MR) is 131 cm³/mol. The molecule has 0 saturated carbocycles. The Bertz CT molecular complexity index is 1050. The molecule has 0 aliphatic carbocycles. The molecule has 3 N–H and O–H groups in total. The van der Waals surface area contributed by atoms with E-state index in [2.05, 4.69) is 21.2 Å². The average Bonchev–Trinajstić information content (AvgIpc) is 2.80. The highest BCUT2D eigenvalue weighted by atomic mass is 16.5. The Morgan fingerprint density at radius 3 is 2.44 bits per heavy atom. The highest BCUT2D eigenvalue weighted by Crippen LogP contribution is 2.28. The zero-order valence-corrected chi connectivity index (χ0v) is 20.2. The number of aryl methyl sites for hydroxylation is 2. The molecule has 0 saturated heterocycles. The van der Waals surface area contributed by atoms with Gasteiger partial charge in [-0.05, 0) is 69.5 Å². The third kappa shape index (κ3) is 8.23. The van der Waals surface area contributed by atoms with Crippen LogP contribution in [0, 0.1) is 13.8 Å². The number of nitrogens with zero attached hydrogens (tertiary/aromatic N) is 1. The van der Waals surface area contributed by atoms with Gasteiger partial charge in [0.1, 0.15) is 0 Å². The van der Waals surface area contributed by atoms with Gasteiger partial charge in [-0.15, -0.1) is 0 Å². The van der Waals surface area contributed by atoms with Crippen LogP contribution in [0.4, 0.5) is 5.69 Å².